The first kappa shape index (κ1) is 16.4. The molecule has 0 unspecified atom stereocenters. The van der Waals surface area contributed by atoms with Crippen LogP contribution in [0.4, 0.5) is 5.69 Å². The number of rotatable bonds is 5. The van der Waals surface area contributed by atoms with Gasteiger partial charge in [-0.15, -0.1) is 0 Å². The van der Waals surface area contributed by atoms with E-state index in [-0.39, 0.29) is 22.6 Å². The van der Waals surface area contributed by atoms with Gasteiger partial charge in [0, 0.05) is 11.3 Å². The highest BCUT2D eigenvalue weighted by molar-refractivity contribution is 5.98. The molecule has 3 rings (SSSR count). The largest absolute Gasteiger partial charge is 0.507 e. The Morgan fingerprint density at radius 2 is 1.96 bits per heavy atom. The van der Waals surface area contributed by atoms with Crippen LogP contribution in [0.25, 0.3) is 0 Å². The smallest absolute Gasteiger partial charge is 0.344 e. The minimum atomic E-state index is -1.27. The number of carboxylic acids is 1. The number of carbonyl (C=O) groups is 2. The van der Waals surface area contributed by atoms with Crippen LogP contribution in [0.1, 0.15) is 32.5 Å². The van der Waals surface area contributed by atoms with Crippen LogP contribution in [0.3, 0.4) is 0 Å². The number of cyclic esters (lactones) is 1. The highest BCUT2D eigenvalue weighted by Gasteiger charge is 2.36. The third kappa shape index (κ3) is 2.78. The molecule has 8 heteroatoms. The van der Waals surface area contributed by atoms with Gasteiger partial charge in [-0.1, -0.05) is 0 Å². The van der Waals surface area contributed by atoms with Crippen LogP contribution in [0.5, 0.6) is 17.2 Å². The third-order valence-corrected chi connectivity index (χ3v) is 3.81. The Kier molecular flexibility index (Phi) is 4.10. The summed E-state index contributed by atoms with van der Waals surface area (Å²) in [5, 5.41) is 21.6. The second-order valence-electron chi connectivity index (χ2n) is 5.23. The normalized spacial score (nSPS) is 15.3. The maximum absolute atomic E-state index is 12.2. The van der Waals surface area contributed by atoms with E-state index >= 15 is 0 Å². The van der Waals surface area contributed by atoms with E-state index in [4.69, 9.17) is 19.3 Å². The van der Waals surface area contributed by atoms with Gasteiger partial charge in [-0.25, -0.2) is 9.59 Å². The molecular weight excluding hydrogens is 330 g/mol. The number of carboxylic acid groups (broad SMARTS) is 1. The molecule has 0 bridgehead atoms. The number of aromatic hydroxyl groups is 1. The van der Waals surface area contributed by atoms with E-state index in [1.165, 1.54) is 32.4 Å². The van der Waals surface area contributed by atoms with Crippen molar-refractivity contribution in [2.75, 3.05) is 19.5 Å². The molecule has 130 valence electrons. The number of fused-ring (bicyclic) bond motifs is 1. The zero-order valence-corrected chi connectivity index (χ0v) is 13.4. The predicted octanol–water partition coefficient (Wildman–Crippen LogP) is 2.39. The molecule has 25 heavy (non-hydrogen) atoms. The summed E-state index contributed by atoms with van der Waals surface area (Å²) in [4.78, 5) is 23.3. The van der Waals surface area contributed by atoms with Crippen molar-refractivity contribution >= 4 is 17.6 Å². The minimum Gasteiger partial charge on any atom is -0.507 e. The van der Waals surface area contributed by atoms with Crippen LogP contribution < -0.4 is 14.8 Å². The summed E-state index contributed by atoms with van der Waals surface area (Å²) in [6.45, 7) is 0. The predicted molar refractivity (Wildman–Crippen MR) is 86.4 cm³/mol. The standard InChI is InChI=1S/C17H15NO7/c1-23-12-6-4-9-13(14(12)24-2)17(22)25-15(9)18-8-3-5-11(19)10(7-8)16(20)21/h3-7,15,18-19H,1-2H3,(H,20,21)/t15-/m0/s1. The summed E-state index contributed by atoms with van der Waals surface area (Å²) in [6.07, 6.45) is -0.825. The summed E-state index contributed by atoms with van der Waals surface area (Å²) in [5.41, 5.74) is 0.890. The number of methoxy groups -OCH3 is 2. The van der Waals surface area contributed by atoms with Gasteiger partial charge < -0.3 is 29.7 Å². The number of esters is 1. The fourth-order valence-corrected chi connectivity index (χ4v) is 2.66. The Labute approximate surface area is 142 Å². The molecule has 8 nitrogen and oxygen atoms in total. The summed E-state index contributed by atoms with van der Waals surface area (Å²) in [7, 11) is 2.88. The second-order valence-corrected chi connectivity index (χ2v) is 5.23. The maximum atomic E-state index is 12.2. The molecule has 1 heterocycles. The molecule has 2 aromatic rings. The Balaban J connectivity index is 1.97. The van der Waals surface area contributed by atoms with Crippen LogP contribution in [0, 0.1) is 0 Å². The lowest BCUT2D eigenvalue weighted by molar-refractivity contribution is 0.0434. The number of aromatic carboxylic acids is 1. The molecule has 0 saturated carbocycles. The van der Waals surface area contributed by atoms with E-state index in [1.807, 2.05) is 0 Å². The first-order chi connectivity index (χ1) is 12.0. The molecule has 1 atom stereocenters. The first-order valence-corrected chi connectivity index (χ1v) is 7.25. The van der Waals surface area contributed by atoms with Crippen molar-refractivity contribution in [3.05, 3.63) is 47.0 Å². The Bertz CT molecular complexity index is 862. The summed E-state index contributed by atoms with van der Waals surface area (Å²) >= 11 is 0. The van der Waals surface area contributed by atoms with Crippen LogP contribution in [0.15, 0.2) is 30.3 Å². The Morgan fingerprint density at radius 3 is 2.60 bits per heavy atom. The van der Waals surface area contributed by atoms with Gasteiger partial charge >= 0.3 is 11.9 Å². The SMILES string of the molecule is COc1ccc2c(c1OC)C(=O)O[C@@H]2Nc1ccc(O)c(C(=O)O)c1. The van der Waals surface area contributed by atoms with Crippen molar-refractivity contribution in [1.29, 1.82) is 0 Å². The Morgan fingerprint density at radius 1 is 1.20 bits per heavy atom. The molecule has 0 saturated heterocycles. The van der Waals surface area contributed by atoms with Gasteiger partial charge in [-0.05, 0) is 30.3 Å². The quantitative estimate of drug-likeness (QED) is 0.559. The number of benzene rings is 2. The van der Waals surface area contributed by atoms with Crippen molar-refractivity contribution in [3.8, 4) is 17.2 Å². The average Bonchev–Trinajstić information content (AvgIpc) is 2.91. The number of anilines is 1. The van der Waals surface area contributed by atoms with E-state index in [2.05, 4.69) is 5.32 Å². The van der Waals surface area contributed by atoms with Gasteiger partial charge in [0.1, 0.15) is 16.9 Å². The molecule has 0 radical (unpaired) electrons. The average molecular weight is 345 g/mol. The molecule has 1 aliphatic rings. The molecule has 0 fully saturated rings. The van der Waals surface area contributed by atoms with Gasteiger partial charge in [-0.2, -0.15) is 0 Å². The molecular formula is C17H15NO7. The highest BCUT2D eigenvalue weighted by Crippen LogP contribution is 2.42. The minimum absolute atomic E-state index is 0.247. The molecule has 0 aromatic heterocycles. The summed E-state index contributed by atoms with van der Waals surface area (Å²) in [5.74, 6) is -1.53. The zero-order valence-electron chi connectivity index (χ0n) is 13.4. The maximum Gasteiger partial charge on any atom is 0.344 e. The molecule has 3 N–H and O–H groups in total. The van der Waals surface area contributed by atoms with Crippen LogP contribution >= 0.6 is 0 Å². The van der Waals surface area contributed by atoms with Crippen molar-refractivity contribution in [3.63, 3.8) is 0 Å². The topological polar surface area (TPSA) is 114 Å². The fraction of sp³-hybridized carbons (Fsp3) is 0.176. The molecule has 2 aromatic carbocycles. The molecule has 0 spiro atoms. The third-order valence-electron chi connectivity index (χ3n) is 3.81. The van der Waals surface area contributed by atoms with Gasteiger partial charge in [-0.3, -0.25) is 0 Å². The monoisotopic (exact) mass is 345 g/mol. The fourth-order valence-electron chi connectivity index (χ4n) is 2.66. The number of hydrogen-bond donors (Lipinski definition) is 3. The number of hydrogen-bond acceptors (Lipinski definition) is 7. The number of ether oxygens (including phenoxy) is 3. The van der Waals surface area contributed by atoms with Gasteiger partial charge in [0.2, 0.25) is 6.23 Å². The van der Waals surface area contributed by atoms with Gasteiger partial charge in [0.05, 0.1) is 14.2 Å². The van der Waals surface area contributed by atoms with E-state index < -0.39 is 18.2 Å². The first-order valence-electron chi connectivity index (χ1n) is 7.25. The van der Waals surface area contributed by atoms with Crippen molar-refractivity contribution in [2.45, 2.75) is 6.23 Å². The van der Waals surface area contributed by atoms with Crippen LogP contribution in [0.2, 0.25) is 0 Å². The van der Waals surface area contributed by atoms with Gasteiger partial charge in [0.15, 0.2) is 11.5 Å². The van der Waals surface area contributed by atoms with Crippen molar-refractivity contribution in [1.82, 2.24) is 0 Å². The summed E-state index contributed by atoms with van der Waals surface area (Å²) < 4.78 is 15.7. The van der Waals surface area contributed by atoms with Crippen molar-refractivity contribution < 1.29 is 34.0 Å². The van der Waals surface area contributed by atoms with Crippen LogP contribution in [-0.2, 0) is 4.74 Å². The Hall–Kier alpha value is -3.42. The number of carbonyl (C=O) groups excluding carboxylic acids is 1. The van der Waals surface area contributed by atoms with E-state index in [0.717, 1.165) is 0 Å². The molecule has 0 amide bonds. The molecule has 0 aliphatic carbocycles. The lowest BCUT2D eigenvalue weighted by Crippen LogP contribution is -2.11. The van der Waals surface area contributed by atoms with Gasteiger partial charge in [0.25, 0.3) is 0 Å². The summed E-state index contributed by atoms with van der Waals surface area (Å²) in [6, 6.07) is 7.29. The van der Waals surface area contributed by atoms with Crippen LogP contribution in [-0.4, -0.2) is 36.4 Å². The lowest BCUT2D eigenvalue weighted by Gasteiger charge is -2.15. The van der Waals surface area contributed by atoms with E-state index in [9.17, 15) is 14.7 Å². The van der Waals surface area contributed by atoms with E-state index in [0.29, 0.717) is 17.0 Å². The number of nitrogens with one attached hydrogen (secondary N) is 1. The van der Waals surface area contributed by atoms with E-state index in [1.54, 1.807) is 12.1 Å². The second kappa shape index (κ2) is 6.23. The van der Waals surface area contributed by atoms with Crippen molar-refractivity contribution in [2.24, 2.45) is 0 Å². The molecule has 1 aliphatic heterocycles. The zero-order chi connectivity index (χ0) is 18.1. The highest BCUT2D eigenvalue weighted by atomic mass is 16.6. The number of phenols is 1. The lowest BCUT2D eigenvalue weighted by atomic mass is 10.1.